The van der Waals surface area contributed by atoms with E-state index in [1.165, 1.54) is 50.4 Å². The number of benzene rings is 1. The highest BCUT2D eigenvalue weighted by Gasteiger charge is 2.19. The summed E-state index contributed by atoms with van der Waals surface area (Å²) < 4.78 is 27.1. The summed E-state index contributed by atoms with van der Waals surface area (Å²) in [7, 11) is 0. The molecule has 0 amide bonds. The molecule has 0 aliphatic carbocycles. The van der Waals surface area contributed by atoms with Gasteiger partial charge in [0.2, 0.25) is 0 Å². The van der Waals surface area contributed by atoms with Crippen molar-refractivity contribution in [1.82, 2.24) is 10.2 Å². The quantitative estimate of drug-likeness (QED) is 0.606. The molecule has 1 atom stereocenters. The van der Waals surface area contributed by atoms with Gasteiger partial charge in [0, 0.05) is 19.1 Å². The van der Waals surface area contributed by atoms with Crippen molar-refractivity contribution in [3.63, 3.8) is 0 Å². The molecule has 2 rings (SSSR count). The molecule has 6 heteroatoms. The Bertz CT molecular complexity index is 504. The van der Waals surface area contributed by atoms with E-state index in [4.69, 9.17) is 12.2 Å². The lowest BCUT2D eigenvalue weighted by atomic mass is 10.00. The average molecular weight is 341 g/mol. The first kappa shape index (κ1) is 18.1. The number of halogens is 2. The summed E-state index contributed by atoms with van der Waals surface area (Å²) in [5.41, 5.74) is -0.202. The molecule has 1 aromatic rings. The maximum Gasteiger partial charge on any atom is 0.170 e. The van der Waals surface area contributed by atoms with Crippen LogP contribution in [0.25, 0.3) is 0 Å². The van der Waals surface area contributed by atoms with Crippen LogP contribution in [0.4, 0.5) is 14.5 Å². The molecule has 1 aliphatic heterocycles. The van der Waals surface area contributed by atoms with Crippen molar-refractivity contribution in [3.8, 4) is 0 Å². The second-order valence-electron chi connectivity index (χ2n) is 5.92. The van der Waals surface area contributed by atoms with Crippen LogP contribution in [0.3, 0.4) is 0 Å². The smallest absolute Gasteiger partial charge is 0.170 e. The fourth-order valence-electron chi connectivity index (χ4n) is 3.08. The summed E-state index contributed by atoms with van der Waals surface area (Å²) in [5, 5.41) is 5.86. The maximum absolute atomic E-state index is 13.5. The van der Waals surface area contributed by atoms with Crippen molar-refractivity contribution in [3.05, 3.63) is 29.8 Å². The third kappa shape index (κ3) is 5.39. The van der Waals surface area contributed by atoms with Crippen molar-refractivity contribution in [2.45, 2.75) is 45.1 Å². The van der Waals surface area contributed by atoms with Gasteiger partial charge in [0.25, 0.3) is 0 Å². The highest BCUT2D eigenvalue weighted by molar-refractivity contribution is 7.80. The van der Waals surface area contributed by atoms with Gasteiger partial charge < -0.3 is 15.5 Å². The molecule has 0 radical (unpaired) electrons. The number of hydrogen-bond acceptors (Lipinski definition) is 2. The lowest BCUT2D eigenvalue weighted by molar-refractivity contribution is 0.143. The Kier molecular flexibility index (Phi) is 7.17. The van der Waals surface area contributed by atoms with E-state index in [2.05, 4.69) is 22.5 Å². The van der Waals surface area contributed by atoms with Gasteiger partial charge in [0.1, 0.15) is 17.3 Å². The summed E-state index contributed by atoms with van der Waals surface area (Å²) in [6.45, 7) is 5.13. The van der Waals surface area contributed by atoms with Crippen molar-refractivity contribution >= 4 is 23.0 Å². The molecule has 1 aliphatic rings. The number of piperidine rings is 1. The van der Waals surface area contributed by atoms with Gasteiger partial charge in [-0.05, 0) is 56.6 Å². The molecule has 0 unspecified atom stereocenters. The molecule has 1 heterocycles. The molecule has 23 heavy (non-hydrogen) atoms. The van der Waals surface area contributed by atoms with Gasteiger partial charge in [0.05, 0.1) is 0 Å². The van der Waals surface area contributed by atoms with Gasteiger partial charge in [0.15, 0.2) is 5.11 Å². The number of thiocarbonyl (C=S) groups is 1. The van der Waals surface area contributed by atoms with Crippen LogP contribution < -0.4 is 10.6 Å². The van der Waals surface area contributed by atoms with Crippen molar-refractivity contribution in [1.29, 1.82) is 0 Å². The molecule has 0 aromatic heterocycles. The number of para-hydroxylation sites is 1. The number of likely N-dealkylation sites (tertiary alicyclic amines) is 1. The number of rotatable bonds is 6. The molecule has 0 spiro atoms. The summed E-state index contributed by atoms with van der Waals surface area (Å²) in [6, 6.07) is 4.43. The van der Waals surface area contributed by atoms with Crippen LogP contribution in [0.1, 0.15) is 39.0 Å². The topological polar surface area (TPSA) is 27.3 Å². The van der Waals surface area contributed by atoms with Crippen LogP contribution in [-0.4, -0.2) is 35.7 Å². The SMILES string of the molecule is CC[C@H]1CCCCN1CCCNC(=S)Nc1c(F)cccc1F. The third-order valence-corrected chi connectivity index (χ3v) is 4.58. The van der Waals surface area contributed by atoms with Crippen molar-refractivity contribution in [2.24, 2.45) is 0 Å². The van der Waals surface area contributed by atoms with Crippen molar-refractivity contribution < 1.29 is 8.78 Å². The summed E-state index contributed by atoms with van der Waals surface area (Å²) >= 11 is 5.10. The van der Waals surface area contributed by atoms with Crippen LogP contribution in [0.15, 0.2) is 18.2 Å². The first-order valence-corrected chi connectivity index (χ1v) is 8.75. The summed E-state index contributed by atoms with van der Waals surface area (Å²) in [5.74, 6) is -1.29. The van der Waals surface area contributed by atoms with E-state index in [1.54, 1.807) is 0 Å². The normalized spacial score (nSPS) is 18.7. The molecule has 2 N–H and O–H groups in total. The van der Waals surface area contributed by atoms with Crippen LogP contribution in [0.5, 0.6) is 0 Å². The standard InChI is InChI=1S/C17H25F2N3S/c1-2-13-7-3-4-11-22(13)12-6-10-20-17(23)21-16-14(18)8-5-9-15(16)19/h5,8-9,13H,2-4,6-7,10-12H2,1H3,(H2,20,21,23)/t13-/m0/s1. The van der Waals surface area contributed by atoms with Crippen LogP contribution in [0.2, 0.25) is 0 Å². The zero-order valence-electron chi connectivity index (χ0n) is 13.6. The Morgan fingerprint density at radius 3 is 2.74 bits per heavy atom. The predicted octanol–water partition coefficient (Wildman–Crippen LogP) is 3.91. The highest BCUT2D eigenvalue weighted by atomic mass is 32.1. The number of nitrogens with one attached hydrogen (secondary N) is 2. The molecule has 1 aromatic carbocycles. The van der Waals surface area contributed by atoms with Crippen molar-refractivity contribution in [2.75, 3.05) is 25.0 Å². The second-order valence-corrected chi connectivity index (χ2v) is 6.33. The number of anilines is 1. The minimum atomic E-state index is -0.645. The minimum absolute atomic E-state index is 0.202. The first-order chi connectivity index (χ1) is 11.1. The Labute approximate surface area is 142 Å². The first-order valence-electron chi connectivity index (χ1n) is 8.34. The Morgan fingerprint density at radius 1 is 1.30 bits per heavy atom. The zero-order valence-corrected chi connectivity index (χ0v) is 14.4. The lowest BCUT2D eigenvalue weighted by Crippen LogP contribution is -2.41. The van der Waals surface area contributed by atoms with E-state index in [9.17, 15) is 8.78 Å². The Morgan fingerprint density at radius 2 is 2.04 bits per heavy atom. The summed E-state index contributed by atoms with van der Waals surface area (Å²) in [4.78, 5) is 2.54. The Balaban J connectivity index is 1.71. The third-order valence-electron chi connectivity index (χ3n) is 4.33. The minimum Gasteiger partial charge on any atom is -0.362 e. The largest absolute Gasteiger partial charge is 0.362 e. The van der Waals surface area contributed by atoms with Gasteiger partial charge >= 0.3 is 0 Å². The molecule has 128 valence electrons. The van der Waals surface area contributed by atoms with Gasteiger partial charge in [-0.15, -0.1) is 0 Å². The van der Waals surface area contributed by atoms with Gasteiger partial charge in [-0.3, -0.25) is 0 Å². The molecule has 1 fully saturated rings. The van der Waals surface area contributed by atoms with E-state index < -0.39 is 11.6 Å². The van der Waals surface area contributed by atoms with E-state index in [0.29, 0.717) is 12.6 Å². The molecule has 3 nitrogen and oxygen atoms in total. The van der Waals surface area contributed by atoms with Gasteiger partial charge in [-0.1, -0.05) is 19.4 Å². The summed E-state index contributed by atoms with van der Waals surface area (Å²) in [6.07, 6.45) is 6.04. The maximum atomic E-state index is 13.5. The Hall–Kier alpha value is -1.27. The van der Waals surface area contributed by atoms with E-state index in [0.717, 1.165) is 13.0 Å². The highest BCUT2D eigenvalue weighted by Crippen LogP contribution is 2.19. The van der Waals surface area contributed by atoms with E-state index in [1.807, 2.05) is 0 Å². The monoisotopic (exact) mass is 341 g/mol. The second kappa shape index (κ2) is 9.13. The molecular weight excluding hydrogens is 316 g/mol. The fraction of sp³-hybridized carbons (Fsp3) is 0.588. The fourth-order valence-corrected chi connectivity index (χ4v) is 3.28. The zero-order chi connectivity index (χ0) is 16.7. The predicted molar refractivity (Wildman–Crippen MR) is 94.7 cm³/mol. The van der Waals surface area contributed by atoms with E-state index >= 15 is 0 Å². The van der Waals surface area contributed by atoms with Gasteiger partial charge in [-0.25, -0.2) is 8.78 Å². The number of hydrogen-bond donors (Lipinski definition) is 2. The average Bonchev–Trinajstić information content (AvgIpc) is 2.55. The lowest BCUT2D eigenvalue weighted by Gasteiger charge is -2.35. The van der Waals surface area contributed by atoms with Crippen LogP contribution in [0, 0.1) is 11.6 Å². The molecule has 0 saturated carbocycles. The number of nitrogens with zero attached hydrogens (tertiary/aromatic N) is 1. The molecule has 1 saturated heterocycles. The van der Waals surface area contributed by atoms with E-state index in [-0.39, 0.29) is 10.8 Å². The van der Waals surface area contributed by atoms with Crippen LogP contribution >= 0.6 is 12.2 Å². The molecular formula is C17H25F2N3S. The van der Waals surface area contributed by atoms with Crippen LogP contribution in [-0.2, 0) is 0 Å². The molecule has 0 bridgehead atoms. The van der Waals surface area contributed by atoms with Gasteiger partial charge in [-0.2, -0.15) is 0 Å².